The van der Waals surface area contributed by atoms with Crippen LogP contribution in [-0.4, -0.2) is 41.2 Å². The fraction of sp³-hybridized carbons (Fsp3) is 0.421. The second-order valence-corrected chi connectivity index (χ2v) is 6.74. The molecule has 1 aliphatic heterocycles. The lowest BCUT2D eigenvalue weighted by molar-refractivity contribution is -0.105. The van der Waals surface area contributed by atoms with Gasteiger partial charge in [-0.1, -0.05) is 44.2 Å². The molecule has 1 unspecified atom stereocenters. The number of nitrogens with one attached hydrogen (secondary N) is 1. The normalized spacial score (nSPS) is 17.8. The van der Waals surface area contributed by atoms with Gasteiger partial charge in [-0.15, -0.1) is 0 Å². The highest BCUT2D eigenvalue weighted by atomic mass is 16.2. The van der Waals surface area contributed by atoms with Crippen LogP contribution >= 0.6 is 0 Å². The Kier molecular flexibility index (Phi) is 5.62. The number of benzene rings is 1. The number of allylic oxidation sites excluding steroid dienone is 1. The van der Waals surface area contributed by atoms with Crippen LogP contribution in [0.3, 0.4) is 0 Å². The van der Waals surface area contributed by atoms with Crippen LogP contribution in [0.25, 0.3) is 0 Å². The summed E-state index contributed by atoms with van der Waals surface area (Å²) in [5.41, 5.74) is 1.77. The van der Waals surface area contributed by atoms with E-state index in [1.54, 1.807) is 7.05 Å². The number of nitrogens with zero attached hydrogens (tertiary/aromatic N) is 2. The third kappa shape index (κ3) is 3.57. The van der Waals surface area contributed by atoms with Crippen LogP contribution in [0.2, 0.25) is 0 Å². The number of carbonyl (C=O) groups excluding carboxylic acids is 3. The molecular weight excluding hydrogens is 318 g/mol. The minimum Gasteiger partial charge on any atom is -0.325 e. The molecule has 25 heavy (non-hydrogen) atoms. The number of imide groups is 1. The fourth-order valence-electron chi connectivity index (χ4n) is 2.93. The van der Waals surface area contributed by atoms with Crippen molar-refractivity contribution in [2.45, 2.75) is 39.8 Å². The van der Waals surface area contributed by atoms with Crippen LogP contribution in [0.1, 0.15) is 39.3 Å². The molecule has 1 aromatic carbocycles. The fourth-order valence-corrected chi connectivity index (χ4v) is 2.93. The Morgan fingerprint density at radius 3 is 2.28 bits per heavy atom. The molecule has 4 amide bonds. The molecule has 134 valence electrons. The number of carbonyl (C=O) groups is 3. The molecule has 1 atom stereocenters. The van der Waals surface area contributed by atoms with Gasteiger partial charge < -0.3 is 10.2 Å². The Labute approximate surface area is 148 Å². The standard InChI is InChI=1S/C19H25N3O3/c1-12(2)16-15(11-23)20-18(24)22(19(25)21(5)13(3)4)17(16)14-9-7-6-8-10-14/h6-13,17H,1-5H3,(H,20,24). The molecule has 0 fully saturated rings. The number of hydrogen-bond acceptors (Lipinski definition) is 3. The maximum absolute atomic E-state index is 13.0. The summed E-state index contributed by atoms with van der Waals surface area (Å²) in [5.74, 6) is -0.0225. The smallest absolute Gasteiger partial charge is 0.325 e. The summed E-state index contributed by atoms with van der Waals surface area (Å²) in [6, 6.07) is 7.66. The van der Waals surface area contributed by atoms with E-state index in [1.807, 2.05) is 58.0 Å². The Morgan fingerprint density at radius 1 is 1.20 bits per heavy atom. The minimum absolute atomic E-state index is 0.0225. The quantitative estimate of drug-likeness (QED) is 0.853. The second-order valence-electron chi connectivity index (χ2n) is 6.74. The van der Waals surface area contributed by atoms with Crippen molar-refractivity contribution in [2.75, 3.05) is 7.05 Å². The largest absolute Gasteiger partial charge is 0.330 e. The number of amides is 4. The highest BCUT2D eigenvalue weighted by Crippen LogP contribution is 2.37. The molecule has 0 aromatic heterocycles. The molecular formula is C19H25N3O3. The number of aldehydes is 1. The van der Waals surface area contributed by atoms with Crippen molar-refractivity contribution >= 4 is 18.3 Å². The number of hydrogen-bond donors (Lipinski definition) is 1. The average Bonchev–Trinajstić information content (AvgIpc) is 2.59. The van der Waals surface area contributed by atoms with Crippen molar-refractivity contribution < 1.29 is 14.4 Å². The molecule has 0 aliphatic carbocycles. The molecule has 6 nitrogen and oxygen atoms in total. The molecule has 1 aliphatic rings. The zero-order valence-corrected chi connectivity index (χ0v) is 15.3. The Balaban J connectivity index is 2.64. The van der Waals surface area contributed by atoms with Gasteiger partial charge in [-0.05, 0) is 30.9 Å². The van der Waals surface area contributed by atoms with Crippen molar-refractivity contribution in [3.8, 4) is 0 Å². The van der Waals surface area contributed by atoms with Crippen LogP contribution in [0.4, 0.5) is 9.59 Å². The molecule has 0 saturated heterocycles. The predicted octanol–water partition coefficient (Wildman–Crippen LogP) is 3.32. The molecule has 0 spiro atoms. The summed E-state index contributed by atoms with van der Waals surface area (Å²) in [6.45, 7) is 7.66. The first kappa shape index (κ1) is 18.7. The van der Waals surface area contributed by atoms with Crippen LogP contribution in [0, 0.1) is 5.92 Å². The van der Waals surface area contributed by atoms with Gasteiger partial charge in [0.2, 0.25) is 0 Å². The van der Waals surface area contributed by atoms with E-state index in [1.165, 1.54) is 9.80 Å². The number of rotatable bonds is 4. The zero-order valence-electron chi connectivity index (χ0n) is 15.3. The molecule has 0 saturated carbocycles. The van der Waals surface area contributed by atoms with Gasteiger partial charge in [0.1, 0.15) is 0 Å². The van der Waals surface area contributed by atoms with Gasteiger partial charge in [-0.3, -0.25) is 4.79 Å². The Bertz CT molecular complexity index is 695. The third-order valence-electron chi connectivity index (χ3n) is 4.46. The maximum atomic E-state index is 13.0. The van der Waals surface area contributed by atoms with Crippen LogP contribution < -0.4 is 5.32 Å². The minimum atomic E-state index is -0.608. The van der Waals surface area contributed by atoms with Crippen molar-refractivity contribution in [3.05, 3.63) is 47.2 Å². The first-order valence-electron chi connectivity index (χ1n) is 8.40. The van der Waals surface area contributed by atoms with E-state index in [0.717, 1.165) is 11.1 Å². The first-order chi connectivity index (χ1) is 11.8. The monoisotopic (exact) mass is 343 g/mol. The van der Waals surface area contributed by atoms with Crippen LogP contribution in [0.5, 0.6) is 0 Å². The highest BCUT2D eigenvalue weighted by molar-refractivity contribution is 5.99. The van der Waals surface area contributed by atoms with E-state index in [9.17, 15) is 14.4 Å². The van der Waals surface area contributed by atoms with Gasteiger partial charge in [0.05, 0.1) is 11.7 Å². The van der Waals surface area contributed by atoms with E-state index in [4.69, 9.17) is 0 Å². The summed E-state index contributed by atoms with van der Waals surface area (Å²) < 4.78 is 0. The zero-order chi connectivity index (χ0) is 18.7. The third-order valence-corrected chi connectivity index (χ3v) is 4.46. The van der Waals surface area contributed by atoms with Gasteiger partial charge in [0, 0.05) is 13.1 Å². The van der Waals surface area contributed by atoms with Crippen molar-refractivity contribution in [3.63, 3.8) is 0 Å². The van der Waals surface area contributed by atoms with E-state index in [2.05, 4.69) is 5.32 Å². The molecule has 0 radical (unpaired) electrons. The Morgan fingerprint density at radius 2 is 1.80 bits per heavy atom. The molecule has 6 heteroatoms. The summed E-state index contributed by atoms with van der Waals surface area (Å²) in [5, 5.41) is 2.57. The molecule has 1 heterocycles. The van der Waals surface area contributed by atoms with Crippen molar-refractivity contribution in [1.82, 2.24) is 15.1 Å². The predicted molar refractivity (Wildman–Crippen MR) is 95.8 cm³/mol. The molecule has 0 bridgehead atoms. The van der Waals surface area contributed by atoms with Crippen molar-refractivity contribution in [1.29, 1.82) is 0 Å². The van der Waals surface area contributed by atoms with E-state index >= 15 is 0 Å². The Hall–Kier alpha value is -2.63. The van der Waals surface area contributed by atoms with E-state index in [0.29, 0.717) is 6.29 Å². The number of urea groups is 2. The van der Waals surface area contributed by atoms with E-state index < -0.39 is 18.1 Å². The second kappa shape index (κ2) is 7.51. The van der Waals surface area contributed by atoms with Gasteiger partial charge in [0.15, 0.2) is 6.29 Å². The SMILES string of the molecule is CC(C)C1=C(C=O)NC(=O)N(C(=O)N(C)C(C)C)C1c1ccccc1. The lowest BCUT2D eigenvalue weighted by Crippen LogP contribution is -2.55. The molecule has 1 aromatic rings. The lowest BCUT2D eigenvalue weighted by atomic mass is 9.86. The van der Waals surface area contributed by atoms with Crippen molar-refractivity contribution in [2.24, 2.45) is 5.92 Å². The molecule has 1 N–H and O–H groups in total. The maximum Gasteiger partial charge on any atom is 0.330 e. The molecule has 2 rings (SSSR count). The van der Waals surface area contributed by atoms with Gasteiger partial charge in [0.25, 0.3) is 0 Å². The first-order valence-corrected chi connectivity index (χ1v) is 8.40. The van der Waals surface area contributed by atoms with Gasteiger partial charge >= 0.3 is 12.1 Å². The average molecular weight is 343 g/mol. The summed E-state index contributed by atoms with van der Waals surface area (Å²) in [6.07, 6.45) is 0.650. The van der Waals surface area contributed by atoms with E-state index in [-0.39, 0.29) is 17.7 Å². The van der Waals surface area contributed by atoms with Crippen LogP contribution in [0.15, 0.2) is 41.6 Å². The lowest BCUT2D eigenvalue weighted by Gasteiger charge is -2.40. The van der Waals surface area contributed by atoms with Gasteiger partial charge in [-0.2, -0.15) is 0 Å². The summed E-state index contributed by atoms with van der Waals surface area (Å²) in [4.78, 5) is 39.9. The summed E-state index contributed by atoms with van der Waals surface area (Å²) >= 11 is 0. The highest BCUT2D eigenvalue weighted by Gasteiger charge is 2.41. The van der Waals surface area contributed by atoms with Gasteiger partial charge in [-0.25, -0.2) is 14.5 Å². The van der Waals surface area contributed by atoms with Crippen LogP contribution in [-0.2, 0) is 4.79 Å². The summed E-state index contributed by atoms with van der Waals surface area (Å²) in [7, 11) is 1.66. The topological polar surface area (TPSA) is 69.7 Å².